The molecule has 0 saturated heterocycles. The lowest BCUT2D eigenvalue weighted by Gasteiger charge is -2.42. The maximum atomic E-state index is 5.50. The highest BCUT2D eigenvalue weighted by molar-refractivity contribution is 5.86. The standard InChI is InChI=1S/C29H23N3O/c1-29(2)23-12-6-8-14-25(23)32(26-15-9-7-13-24(26)29)22-18-16-20(17-19-22)27-30-28(33-31-27)21-10-4-3-5-11-21/h3-19H,1-2H3. The van der Waals surface area contributed by atoms with Gasteiger partial charge in [0, 0.05) is 22.2 Å². The van der Waals surface area contributed by atoms with E-state index < -0.39 is 0 Å². The van der Waals surface area contributed by atoms with Crippen LogP contribution in [0.3, 0.4) is 0 Å². The Morgan fingerprint density at radius 3 is 1.85 bits per heavy atom. The fourth-order valence-corrected chi connectivity index (χ4v) is 4.75. The van der Waals surface area contributed by atoms with Gasteiger partial charge in [-0.15, -0.1) is 0 Å². The first kappa shape index (κ1) is 19.5. The quantitative estimate of drug-likeness (QED) is 0.297. The summed E-state index contributed by atoms with van der Waals surface area (Å²) in [6.07, 6.45) is 0. The molecule has 2 heterocycles. The van der Waals surface area contributed by atoms with E-state index >= 15 is 0 Å². The third-order valence-electron chi connectivity index (χ3n) is 6.47. The Kier molecular flexibility index (Phi) is 4.40. The lowest BCUT2D eigenvalue weighted by Crippen LogP contribution is -2.30. The molecule has 160 valence electrons. The van der Waals surface area contributed by atoms with E-state index in [4.69, 9.17) is 4.52 Å². The topological polar surface area (TPSA) is 42.2 Å². The molecule has 5 aromatic rings. The second kappa shape index (κ2) is 7.45. The van der Waals surface area contributed by atoms with Crippen LogP contribution in [0.2, 0.25) is 0 Å². The van der Waals surface area contributed by atoms with Crippen LogP contribution in [0.4, 0.5) is 17.1 Å². The van der Waals surface area contributed by atoms with Crippen molar-refractivity contribution >= 4 is 17.1 Å². The van der Waals surface area contributed by atoms with Crippen molar-refractivity contribution in [2.24, 2.45) is 0 Å². The lowest BCUT2D eigenvalue weighted by molar-refractivity contribution is 0.432. The highest BCUT2D eigenvalue weighted by Gasteiger charge is 2.36. The molecule has 0 aliphatic carbocycles. The normalized spacial score (nSPS) is 13.9. The molecule has 0 radical (unpaired) electrons. The van der Waals surface area contributed by atoms with E-state index in [9.17, 15) is 0 Å². The summed E-state index contributed by atoms with van der Waals surface area (Å²) in [6, 6.07) is 35.5. The predicted molar refractivity (Wildman–Crippen MR) is 132 cm³/mol. The maximum Gasteiger partial charge on any atom is 0.258 e. The summed E-state index contributed by atoms with van der Waals surface area (Å²) < 4.78 is 5.50. The number of anilines is 3. The molecule has 1 aliphatic rings. The Balaban J connectivity index is 1.40. The summed E-state index contributed by atoms with van der Waals surface area (Å²) in [5.74, 6) is 1.11. The van der Waals surface area contributed by atoms with E-state index in [0.29, 0.717) is 11.7 Å². The van der Waals surface area contributed by atoms with Crippen LogP contribution in [0, 0.1) is 0 Å². The summed E-state index contributed by atoms with van der Waals surface area (Å²) in [4.78, 5) is 6.93. The Labute approximate surface area is 193 Å². The molecule has 0 unspecified atom stereocenters. The summed E-state index contributed by atoms with van der Waals surface area (Å²) in [6.45, 7) is 4.59. The van der Waals surface area contributed by atoms with Gasteiger partial charge in [-0.05, 0) is 59.7 Å². The Morgan fingerprint density at radius 2 is 1.21 bits per heavy atom. The van der Waals surface area contributed by atoms with E-state index in [1.165, 1.54) is 22.5 Å². The third kappa shape index (κ3) is 3.14. The maximum absolute atomic E-state index is 5.50. The minimum absolute atomic E-state index is 0.0674. The number of rotatable bonds is 3. The van der Waals surface area contributed by atoms with Crippen LogP contribution in [0.5, 0.6) is 0 Å². The van der Waals surface area contributed by atoms with Crippen molar-refractivity contribution in [3.63, 3.8) is 0 Å². The highest BCUT2D eigenvalue weighted by atomic mass is 16.5. The van der Waals surface area contributed by atoms with Gasteiger partial charge in [0.15, 0.2) is 0 Å². The third-order valence-corrected chi connectivity index (χ3v) is 6.47. The molecular formula is C29H23N3O. The van der Waals surface area contributed by atoms with E-state index in [1.54, 1.807) is 0 Å². The molecule has 0 spiro atoms. The van der Waals surface area contributed by atoms with Gasteiger partial charge >= 0.3 is 0 Å². The zero-order valence-corrected chi connectivity index (χ0v) is 18.6. The van der Waals surface area contributed by atoms with Crippen molar-refractivity contribution in [3.05, 3.63) is 114 Å². The molecule has 0 atom stereocenters. The van der Waals surface area contributed by atoms with E-state index in [1.807, 2.05) is 30.3 Å². The van der Waals surface area contributed by atoms with Crippen LogP contribution in [-0.4, -0.2) is 10.1 Å². The van der Waals surface area contributed by atoms with Crippen molar-refractivity contribution in [1.29, 1.82) is 0 Å². The Morgan fingerprint density at radius 1 is 0.636 bits per heavy atom. The van der Waals surface area contributed by atoms with Crippen LogP contribution in [-0.2, 0) is 5.41 Å². The van der Waals surface area contributed by atoms with Crippen LogP contribution in [0.1, 0.15) is 25.0 Å². The molecule has 0 amide bonds. The van der Waals surface area contributed by atoms with Gasteiger partial charge < -0.3 is 9.42 Å². The van der Waals surface area contributed by atoms with Gasteiger partial charge in [-0.25, -0.2) is 0 Å². The van der Waals surface area contributed by atoms with E-state index in [0.717, 1.165) is 16.8 Å². The van der Waals surface area contributed by atoms with Crippen LogP contribution in [0.15, 0.2) is 108 Å². The molecule has 33 heavy (non-hydrogen) atoms. The summed E-state index contributed by atoms with van der Waals surface area (Å²) in [5, 5.41) is 4.20. The molecule has 4 heteroatoms. The van der Waals surface area contributed by atoms with Crippen LogP contribution in [0.25, 0.3) is 22.8 Å². The summed E-state index contributed by atoms with van der Waals surface area (Å²) >= 11 is 0. The number of fused-ring (bicyclic) bond motifs is 2. The number of hydrogen-bond donors (Lipinski definition) is 0. The molecule has 0 N–H and O–H groups in total. The van der Waals surface area contributed by atoms with Crippen molar-refractivity contribution < 1.29 is 4.52 Å². The molecule has 4 nitrogen and oxygen atoms in total. The molecule has 1 aliphatic heterocycles. The lowest BCUT2D eigenvalue weighted by atomic mass is 9.73. The van der Waals surface area contributed by atoms with Gasteiger partial charge in [-0.1, -0.05) is 73.6 Å². The number of benzene rings is 4. The van der Waals surface area contributed by atoms with Crippen molar-refractivity contribution in [2.45, 2.75) is 19.3 Å². The SMILES string of the molecule is CC1(C)c2ccccc2N(c2ccc(-c3noc(-c4ccccc4)n3)cc2)c2ccccc21. The van der Waals surface area contributed by atoms with Gasteiger partial charge in [-0.2, -0.15) is 4.98 Å². The first-order valence-electron chi connectivity index (χ1n) is 11.1. The highest BCUT2D eigenvalue weighted by Crippen LogP contribution is 2.51. The molecule has 0 bridgehead atoms. The molecule has 0 fully saturated rings. The smallest absolute Gasteiger partial charge is 0.258 e. The first-order valence-corrected chi connectivity index (χ1v) is 11.1. The molecular weight excluding hydrogens is 406 g/mol. The predicted octanol–water partition coefficient (Wildman–Crippen LogP) is 7.51. The molecule has 0 saturated carbocycles. The zero-order valence-electron chi connectivity index (χ0n) is 18.6. The van der Waals surface area contributed by atoms with Crippen LogP contribution < -0.4 is 4.90 Å². The number of nitrogens with zero attached hydrogens (tertiary/aromatic N) is 3. The van der Waals surface area contributed by atoms with Gasteiger partial charge in [0.05, 0.1) is 11.4 Å². The summed E-state index contributed by atoms with van der Waals surface area (Å²) in [7, 11) is 0. The van der Waals surface area contributed by atoms with Gasteiger partial charge in [0.2, 0.25) is 5.82 Å². The summed E-state index contributed by atoms with van der Waals surface area (Å²) in [5.41, 5.74) is 7.92. The molecule has 1 aromatic heterocycles. The van der Waals surface area contributed by atoms with Crippen LogP contribution >= 0.6 is 0 Å². The monoisotopic (exact) mass is 429 g/mol. The number of hydrogen-bond acceptors (Lipinski definition) is 4. The minimum Gasteiger partial charge on any atom is -0.334 e. The van der Waals surface area contributed by atoms with E-state index in [2.05, 4.69) is 102 Å². The van der Waals surface area contributed by atoms with Gasteiger partial charge in [0.25, 0.3) is 5.89 Å². The zero-order chi connectivity index (χ0) is 22.4. The Hall–Kier alpha value is -4.18. The molecule has 6 rings (SSSR count). The largest absolute Gasteiger partial charge is 0.334 e. The fourth-order valence-electron chi connectivity index (χ4n) is 4.75. The first-order chi connectivity index (χ1) is 16.1. The Bertz CT molecular complexity index is 1390. The number of para-hydroxylation sites is 2. The second-order valence-electron chi connectivity index (χ2n) is 8.83. The van der Waals surface area contributed by atoms with E-state index in [-0.39, 0.29) is 5.41 Å². The van der Waals surface area contributed by atoms with Crippen molar-refractivity contribution in [3.8, 4) is 22.8 Å². The minimum atomic E-state index is -0.0674. The molecule has 4 aromatic carbocycles. The van der Waals surface area contributed by atoms with Gasteiger partial charge in [0.1, 0.15) is 0 Å². The fraction of sp³-hybridized carbons (Fsp3) is 0.103. The van der Waals surface area contributed by atoms with Crippen molar-refractivity contribution in [2.75, 3.05) is 4.90 Å². The van der Waals surface area contributed by atoms with Crippen molar-refractivity contribution in [1.82, 2.24) is 10.1 Å². The average molecular weight is 430 g/mol. The second-order valence-corrected chi connectivity index (χ2v) is 8.83. The number of aromatic nitrogens is 2. The average Bonchev–Trinajstić information content (AvgIpc) is 3.36. The van der Waals surface area contributed by atoms with Gasteiger partial charge in [-0.3, -0.25) is 0 Å².